The molecule has 0 aromatic heterocycles. The molecule has 6 heteroatoms. The van der Waals surface area contributed by atoms with Gasteiger partial charge in [-0.1, -0.05) is 13.0 Å². The zero-order valence-corrected chi connectivity index (χ0v) is 14.0. The quantitative estimate of drug-likeness (QED) is 0.756. The minimum atomic E-state index is -2.91. The van der Waals surface area contributed by atoms with Crippen LogP contribution in [0.1, 0.15) is 31.4 Å². The van der Waals surface area contributed by atoms with Crippen molar-refractivity contribution in [1.29, 1.82) is 0 Å². The topological polar surface area (TPSA) is 64.6 Å². The molecule has 0 fully saturated rings. The van der Waals surface area contributed by atoms with E-state index in [1.807, 2.05) is 25.1 Å². The predicted octanol–water partition coefficient (Wildman–Crippen LogP) is 2.18. The van der Waals surface area contributed by atoms with Gasteiger partial charge in [0, 0.05) is 18.1 Å². The maximum Gasteiger partial charge on any atom is 0.161 e. The molecular formula is C15H25NO4S. The second-order valence-electron chi connectivity index (χ2n) is 5.00. The van der Waals surface area contributed by atoms with Gasteiger partial charge in [-0.15, -0.1) is 0 Å². The lowest BCUT2D eigenvalue weighted by Gasteiger charge is -2.19. The van der Waals surface area contributed by atoms with E-state index in [-0.39, 0.29) is 11.8 Å². The molecule has 0 aliphatic rings. The zero-order valence-electron chi connectivity index (χ0n) is 13.2. The van der Waals surface area contributed by atoms with Crippen LogP contribution in [0.15, 0.2) is 18.2 Å². The minimum absolute atomic E-state index is 0.108. The molecule has 0 amide bonds. The van der Waals surface area contributed by atoms with Gasteiger partial charge in [0.1, 0.15) is 9.84 Å². The lowest BCUT2D eigenvalue weighted by Crippen LogP contribution is -2.21. The molecule has 120 valence electrons. The highest BCUT2D eigenvalue weighted by Gasteiger charge is 2.14. The largest absolute Gasteiger partial charge is 0.493 e. The van der Waals surface area contributed by atoms with Gasteiger partial charge in [-0.2, -0.15) is 0 Å². The average Bonchev–Trinajstić information content (AvgIpc) is 2.44. The molecule has 1 unspecified atom stereocenters. The lowest BCUT2D eigenvalue weighted by atomic mass is 10.0. The van der Waals surface area contributed by atoms with Gasteiger partial charge < -0.3 is 14.8 Å². The molecule has 0 heterocycles. The lowest BCUT2D eigenvalue weighted by molar-refractivity contribution is 0.353. The SMILES string of the molecule is CCNC(CCCS(C)(=O)=O)c1ccc(OC)c(OC)c1. The van der Waals surface area contributed by atoms with Gasteiger partial charge in [-0.05, 0) is 37.1 Å². The van der Waals surface area contributed by atoms with Crippen molar-refractivity contribution in [2.24, 2.45) is 0 Å². The number of sulfone groups is 1. The van der Waals surface area contributed by atoms with E-state index < -0.39 is 9.84 Å². The summed E-state index contributed by atoms with van der Waals surface area (Å²) in [5.41, 5.74) is 1.07. The first kappa shape index (κ1) is 17.8. The van der Waals surface area contributed by atoms with Gasteiger partial charge in [0.15, 0.2) is 11.5 Å². The fourth-order valence-corrected chi connectivity index (χ4v) is 2.94. The molecule has 21 heavy (non-hydrogen) atoms. The summed E-state index contributed by atoms with van der Waals surface area (Å²) in [7, 11) is 0.294. The van der Waals surface area contributed by atoms with Crippen molar-refractivity contribution >= 4 is 9.84 Å². The smallest absolute Gasteiger partial charge is 0.161 e. The summed E-state index contributed by atoms with van der Waals surface area (Å²) in [4.78, 5) is 0. The highest BCUT2D eigenvalue weighted by atomic mass is 32.2. The van der Waals surface area contributed by atoms with Crippen LogP contribution in [-0.2, 0) is 9.84 Å². The summed E-state index contributed by atoms with van der Waals surface area (Å²) < 4.78 is 33.0. The molecule has 0 aliphatic heterocycles. The van der Waals surface area contributed by atoms with E-state index in [2.05, 4.69) is 5.32 Å². The third kappa shape index (κ3) is 5.93. The number of hydrogen-bond acceptors (Lipinski definition) is 5. The van der Waals surface area contributed by atoms with Crippen LogP contribution in [0.5, 0.6) is 11.5 Å². The first-order valence-electron chi connectivity index (χ1n) is 7.04. The van der Waals surface area contributed by atoms with Gasteiger partial charge in [-0.3, -0.25) is 0 Å². The van der Waals surface area contributed by atoms with Crippen molar-refractivity contribution in [1.82, 2.24) is 5.32 Å². The number of rotatable bonds is 9. The summed E-state index contributed by atoms with van der Waals surface area (Å²) in [6.07, 6.45) is 2.66. The maximum absolute atomic E-state index is 11.2. The molecule has 5 nitrogen and oxygen atoms in total. The van der Waals surface area contributed by atoms with Gasteiger partial charge in [0.05, 0.1) is 14.2 Å². The second kappa shape index (κ2) is 8.24. The van der Waals surface area contributed by atoms with Crippen molar-refractivity contribution in [3.63, 3.8) is 0 Å². The Morgan fingerprint density at radius 1 is 1.19 bits per heavy atom. The minimum Gasteiger partial charge on any atom is -0.493 e. The zero-order chi connectivity index (χ0) is 15.9. The molecule has 1 aromatic rings. The van der Waals surface area contributed by atoms with Crippen molar-refractivity contribution < 1.29 is 17.9 Å². The number of methoxy groups -OCH3 is 2. The predicted molar refractivity (Wildman–Crippen MR) is 84.9 cm³/mol. The van der Waals surface area contributed by atoms with Gasteiger partial charge in [-0.25, -0.2) is 8.42 Å². The number of ether oxygens (including phenoxy) is 2. The molecule has 0 saturated heterocycles. The van der Waals surface area contributed by atoms with Crippen LogP contribution < -0.4 is 14.8 Å². The first-order valence-corrected chi connectivity index (χ1v) is 9.10. The third-order valence-corrected chi connectivity index (χ3v) is 4.30. The molecule has 1 N–H and O–H groups in total. The van der Waals surface area contributed by atoms with Crippen LogP contribution in [-0.4, -0.2) is 41.2 Å². The molecule has 1 aromatic carbocycles. The Kier molecular flexibility index (Phi) is 6.98. The summed E-state index contributed by atoms with van der Waals surface area (Å²) in [6.45, 7) is 2.85. The van der Waals surface area contributed by atoms with Crippen LogP contribution in [0.4, 0.5) is 0 Å². The Hall–Kier alpha value is -1.27. The number of nitrogens with one attached hydrogen (secondary N) is 1. The molecule has 0 radical (unpaired) electrons. The van der Waals surface area contributed by atoms with Crippen molar-refractivity contribution in [3.8, 4) is 11.5 Å². The molecule has 0 bridgehead atoms. The number of hydrogen-bond donors (Lipinski definition) is 1. The molecule has 1 atom stereocenters. The van der Waals surface area contributed by atoms with E-state index in [0.29, 0.717) is 17.9 Å². The van der Waals surface area contributed by atoms with E-state index >= 15 is 0 Å². The summed E-state index contributed by atoms with van der Waals surface area (Å²) in [5.74, 6) is 1.58. The normalized spacial score (nSPS) is 13.0. The molecule has 0 saturated carbocycles. The van der Waals surface area contributed by atoms with E-state index in [9.17, 15) is 8.42 Å². The van der Waals surface area contributed by atoms with E-state index in [0.717, 1.165) is 18.5 Å². The van der Waals surface area contributed by atoms with Crippen LogP contribution in [0.3, 0.4) is 0 Å². The van der Waals surface area contributed by atoms with Gasteiger partial charge in [0.25, 0.3) is 0 Å². The molecule has 0 spiro atoms. The maximum atomic E-state index is 11.2. The first-order chi connectivity index (χ1) is 9.91. The van der Waals surface area contributed by atoms with E-state index in [4.69, 9.17) is 9.47 Å². The molecular weight excluding hydrogens is 290 g/mol. The Bertz CT molecular complexity index is 543. The van der Waals surface area contributed by atoms with Crippen LogP contribution in [0, 0.1) is 0 Å². The van der Waals surface area contributed by atoms with Gasteiger partial charge >= 0.3 is 0 Å². The third-order valence-electron chi connectivity index (χ3n) is 3.27. The highest BCUT2D eigenvalue weighted by molar-refractivity contribution is 7.90. The van der Waals surface area contributed by atoms with E-state index in [1.54, 1.807) is 14.2 Å². The van der Waals surface area contributed by atoms with Crippen LogP contribution >= 0.6 is 0 Å². The van der Waals surface area contributed by atoms with Crippen LogP contribution in [0.2, 0.25) is 0 Å². The summed E-state index contributed by atoms with van der Waals surface area (Å²) in [5, 5.41) is 3.38. The van der Waals surface area contributed by atoms with Crippen molar-refractivity contribution in [2.75, 3.05) is 32.8 Å². The van der Waals surface area contributed by atoms with E-state index in [1.165, 1.54) is 6.26 Å². The average molecular weight is 315 g/mol. The van der Waals surface area contributed by atoms with Crippen molar-refractivity contribution in [2.45, 2.75) is 25.8 Å². The summed E-state index contributed by atoms with van der Waals surface area (Å²) >= 11 is 0. The van der Waals surface area contributed by atoms with Crippen molar-refractivity contribution in [3.05, 3.63) is 23.8 Å². The fourth-order valence-electron chi connectivity index (χ4n) is 2.25. The molecule has 0 aliphatic carbocycles. The fraction of sp³-hybridized carbons (Fsp3) is 0.600. The van der Waals surface area contributed by atoms with Crippen LogP contribution in [0.25, 0.3) is 0 Å². The Balaban J connectivity index is 2.84. The highest BCUT2D eigenvalue weighted by Crippen LogP contribution is 2.31. The molecule has 1 rings (SSSR count). The summed E-state index contributed by atoms with van der Waals surface area (Å²) in [6, 6.07) is 5.90. The standard InChI is InChI=1S/C15H25NO4S/c1-5-16-13(7-6-10-21(4,17)18)12-8-9-14(19-2)15(11-12)20-3/h8-9,11,13,16H,5-7,10H2,1-4H3. The Morgan fingerprint density at radius 2 is 1.86 bits per heavy atom. The Labute approximate surface area is 127 Å². The number of benzene rings is 1. The van der Waals surface area contributed by atoms with Gasteiger partial charge in [0.2, 0.25) is 0 Å². The monoisotopic (exact) mass is 315 g/mol. The Morgan fingerprint density at radius 3 is 2.38 bits per heavy atom. The second-order valence-corrected chi connectivity index (χ2v) is 7.26.